The van der Waals surface area contributed by atoms with E-state index >= 15 is 0 Å². The van der Waals surface area contributed by atoms with Gasteiger partial charge >= 0.3 is 0 Å². The minimum absolute atomic E-state index is 0.00666. The molecular weight excluding hydrogens is 266 g/mol. The van der Waals surface area contributed by atoms with Crippen molar-refractivity contribution in [1.29, 1.82) is 0 Å². The van der Waals surface area contributed by atoms with Crippen LogP contribution < -0.4 is 11.5 Å². The van der Waals surface area contributed by atoms with Crippen molar-refractivity contribution in [3.8, 4) is 0 Å². The van der Waals surface area contributed by atoms with Crippen molar-refractivity contribution in [3.63, 3.8) is 0 Å². The average Bonchev–Trinajstić information content (AvgIpc) is 2.46. The van der Waals surface area contributed by atoms with E-state index in [-0.39, 0.29) is 24.4 Å². The summed E-state index contributed by atoms with van der Waals surface area (Å²) in [5, 5.41) is 0. The second-order valence-corrected chi connectivity index (χ2v) is 5.77. The lowest BCUT2D eigenvalue weighted by Crippen LogP contribution is -2.43. The van der Waals surface area contributed by atoms with Gasteiger partial charge in [0.25, 0.3) is 0 Å². The normalized spacial score (nSPS) is 21.8. The molecule has 0 saturated heterocycles. The van der Waals surface area contributed by atoms with E-state index in [0.717, 1.165) is 24.8 Å². The van der Waals surface area contributed by atoms with Crippen LogP contribution in [-0.2, 0) is 16.1 Å². The van der Waals surface area contributed by atoms with Crippen LogP contribution in [0.5, 0.6) is 0 Å². The number of carbonyl (C=O) groups excluding carboxylic acids is 2. The highest BCUT2D eigenvalue weighted by Crippen LogP contribution is 2.25. The lowest BCUT2D eigenvalue weighted by molar-refractivity contribution is -0.140. The van der Waals surface area contributed by atoms with Gasteiger partial charge in [0, 0.05) is 18.5 Å². The molecule has 2 rings (SSSR count). The van der Waals surface area contributed by atoms with Crippen LogP contribution in [0.15, 0.2) is 30.3 Å². The molecular formula is C16H23N3O2. The van der Waals surface area contributed by atoms with Crippen LogP contribution >= 0.6 is 0 Å². The summed E-state index contributed by atoms with van der Waals surface area (Å²) in [6.45, 7) is 0.369. The molecule has 0 bridgehead atoms. The standard InChI is InChI=1S/C16H23N3O2/c17-14-8-4-7-13(9-14)16(21)19(11-15(18)20)10-12-5-2-1-3-6-12/h1-3,5-6,13-14H,4,7-11,17H2,(H2,18,20). The van der Waals surface area contributed by atoms with Crippen LogP contribution in [0.4, 0.5) is 0 Å². The van der Waals surface area contributed by atoms with Gasteiger partial charge in [-0.2, -0.15) is 0 Å². The molecule has 0 spiro atoms. The number of nitrogens with zero attached hydrogens (tertiary/aromatic N) is 1. The summed E-state index contributed by atoms with van der Waals surface area (Å²) in [4.78, 5) is 25.5. The number of nitrogens with two attached hydrogens (primary N) is 2. The monoisotopic (exact) mass is 289 g/mol. The molecule has 2 amide bonds. The second kappa shape index (κ2) is 7.22. The predicted octanol–water partition coefficient (Wildman–Crippen LogP) is 1.02. The average molecular weight is 289 g/mol. The number of benzene rings is 1. The molecule has 5 heteroatoms. The lowest BCUT2D eigenvalue weighted by atomic mass is 9.85. The van der Waals surface area contributed by atoms with Crippen molar-refractivity contribution in [2.75, 3.05) is 6.54 Å². The Kier molecular flexibility index (Phi) is 5.33. The highest BCUT2D eigenvalue weighted by atomic mass is 16.2. The van der Waals surface area contributed by atoms with E-state index in [9.17, 15) is 9.59 Å². The summed E-state index contributed by atoms with van der Waals surface area (Å²) in [6.07, 6.45) is 3.48. The maximum Gasteiger partial charge on any atom is 0.237 e. The quantitative estimate of drug-likeness (QED) is 0.848. The molecule has 114 valence electrons. The number of primary amides is 1. The number of rotatable bonds is 5. The third-order valence-corrected chi connectivity index (χ3v) is 3.94. The van der Waals surface area contributed by atoms with Crippen LogP contribution in [0, 0.1) is 5.92 Å². The lowest BCUT2D eigenvalue weighted by Gasteiger charge is -2.31. The summed E-state index contributed by atoms with van der Waals surface area (Å²) in [5.74, 6) is -0.580. The molecule has 0 radical (unpaired) electrons. The molecule has 21 heavy (non-hydrogen) atoms. The first kappa shape index (κ1) is 15.5. The SMILES string of the molecule is NC(=O)CN(Cc1ccccc1)C(=O)C1CCCC(N)C1. The number of hydrogen-bond donors (Lipinski definition) is 2. The first-order chi connectivity index (χ1) is 10.1. The van der Waals surface area contributed by atoms with E-state index in [1.54, 1.807) is 4.90 Å². The summed E-state index contributed by atoms with van der Waals surface area (Å²) < 4.78 is 0. The van der Waals surface area contributed by atoms with Gasteiger partial charge in [0.05, 0.1) is 6.54 Å². The number of amides is 2. The third kappa shape index (κ3) is 4.56. The van der Waals surface area contributed by atoms with Crippen LogP contribution in [0.3, 0.4) is 0 Å². The van der Waals surface area contributed by atoms with E-state index < -0.39 is 5.91 Å². The molecule has 5 nitrogen and oxygen atoms in total. The Bertz CT molecular complexity index is 490. The Labute approximate surface area is 125 Å². The molecule has 1 saturated carbocycles. The van der Waals surface area contributed by atoms with E-state index in [1.807, 2.05) is 30.3 Å². The Morgan fingerprint density at radius 1 is 1.19 bits per heavy atom. The molecule has 1 fully saturated rings. The van der Waals surface area contributed by atoms with Gasteiger partial charge in [0.2, 0.25) is 11.8 Å². The van der Waals surface area contributed by atoms with Crippen LogP contribution in [0.1, 0.15) is 31.2 Å². The van der Waals surface area contributed by atoms with E-state index in [2.05, 4.69) is 0 Å². The Hall–Kier alpha value is -1.88. The molecule has 1 aromatic rings. The van der Waals surface area contributed by atoms with Crippen molar-refractivity contribution >= 4 is 11.8 Å². The molecule has 0 aromatic heterocycles. The van der Waals surface area contributed by atoms with Gasteiger partial charge in [-0.05, 0) is 24.8 Å². The highest BCUT2D eigenvalue weighted by molar-refractivity contribution is 5.85. The van der Waals surface area contributed by atoms with Gasteiger partial charge in [-0.1, -0.05) is 36.8 Å². The zero-order chi connectivity index (χ0) is 15.2. The largest absolute Gasteiger partial charge is 0.368 e. The van der Waals surface area contributed by atoms with Gasteiger partial charge in [0.15, 0.2) is 0 Å². The third-order valence-electron chi connectivity index (χ3n) is 3.94. The van der Waals surface area contributed by atoms with E-state index in [0.29, 0.717) is 13.0 Å². The minimum Gasteiger partial charge on any atom is -0.368 e. The summed E-state index contributed by atoms with van der Waals surface area (Å²) >= 11 is 0. The van der Waals surface area contributed by atoms with Gasteiger partial charge in [-0.25, -0.2) is 0 Å². The van der Waals surface area contributed by atoms with Gasteiger partial charge < -0.3 is 16.4 Å². The van der Waals surface area contributed by atoms with Crippen LogP contribution in [-0.4, -0.2) is 29.3 Å². The Morgan fingerprint density at radius 2 is 1.90 bits per heavy atom. The topological polar surface area (TPSA) is 89.4 Å². The smallest absolute Gasteiger partial charge is 0.237 e. The summed E-state index contributed by atoms with van der Waals surface area (Å²) in [6, 6.07) is 9.71. The fourth-order valence-electron chi connectivity index (χ4n) is 2.91. The number of carbonyl (C=O) groups is 2. The van der Waals surface area contributed by atoms with Crippen molar-refractivity contribution in [3.05, 3.63) is 35.9 Å². The van der Waals surface area contributed by atoms with Crippen LogP contribution in [0.25, 0.3) is 0 Å². The summed E-state index contributed by atoms with van der Waals surface area (Å²) in [5.41, 5.74) is 12.2. The van der Waals surface area contributed by atoms with Gasteiger partial charge in [0.1, 0.15) is 0 Å². The summed E-state index contributed by atoms with van der Waals surface area (Å²) in [7, 11) is 0. The maximum atomic E-state index is 12.6. The number of hydrogen-bond acceptors (Lipinski definition) is 3. The van der Waals surface area contributed by atoms with Crippen molar-refractivity contribution in [1.82, 2.24) is 4.90 Å². The van der Waals surface area contributed by atoms with E-state index in [1.165, 1.54) is 0 Å². The first-order valence-electron chi connectivity index (χ1n) is 7.43. The zero-order valence-electron chi connectivity index (χ0n) is 12.2. The van der Waals surface area contributed by atoms with Crippen molar-refractivity contribution in [2.24, 2.45) is 17.4 Å². The predicted molar refractivity (Wildman–Crippen MR) is 81.0 cm³/mol. The molecule has 1 aliphatic rings. The molecule has 0 aliphatic heterocycles. The van der Waals surface area contributed by atoms with E-state index in [4.69, 9.17) is 11.5 Å². The van der Waals surface area contributed by atoms with Crippen molar-refractivity contribution < 1.29 is 9.59 Å². The zero-order valence-corrected chi connectivity index (χ0v) is 12.2. The molecule has 2 atom stereocenters. The van der Waals surface area contributed by atoms with Gasteiger partial charge in [-0.15, -0.1) is 0 Å². The molecule has 2 unspecified atom stereocenters. The fourth-order valence-corrected chi connectivity index (χ4v) is 2.91. The Morgan fingerprint density at radius 3 is 2.52 bits per heavy atom. The fraction of sp³-hybridized carbons (Fsp3) is 0.500. The first-order valence-corrected chi connectivity index (χ1v) is 7.43. The highest BCUT2D eigenvalue weighted by Gasteiger charge is 2.29. The minimum atomic E-state index is -0.487. The molecule has 1 aliphatic carbocycles. The Balaban J connectivity index is 2.07. The molecule has 1 aromatic carbocycles. The van der Waals surface area contributed by atoms with Crippen LogP contribution in [0.2, 0.25) is 0 Å². The van der Waals surface area contributed by atoms with Gasteiger partial charge in [-0.3, -0.25) is 9.59 Å². The molecule has 0 heterocycles. The maximum absolute atomic E-state index is 12.6. The second-order valence-electron chi connectivity index (χ2n) is 5.77. The van der Waals surface area contributed by atoms with Crippen molar-refractivity contribution in [2.45, 2.75) is 38.3 Å². The molecule has 4 N–H and O–H groups in total.